The van der Waals surface area contributed by atoms with Gasteiger partial charge >= 0.3 is 5.97 Å². The van der Waals surface area contributed by atoms with E-state index in [1.54, 1.807) is 37.3 Å². The maximum absolute atomic E-state index is 11.2. The van der Waals surface area contributed by atoms with Gasteiger partial charge in [-0.25, -0.2) is 0 Å². The third-order valence-electron chi connectivity index (χ3n) is 1.81. The molecule has 0 saturated heterocycles. The van der Waals surface area contributed by atoms with Gasteiger partial charge in [0.1, 0.15) is 0 Å². The molecule has 0 rings (SSSR count). The molecule has 1 unspecified atom stereocenters. The molecule has 4 heteroatoms. The summed E-state index contributed by atoms with van der Waals surface area (Å²) in [7, 11) is 1.29. The van der Waals surface area contributed by atoms with Gasteiger partial charge in [-0.3, -0.25) is 9.59 Å². The van der Waals surface area contributed by atoms with Gasteiger partial charge in [0.2, 0.25) is 0 Å². The second-order valence-electron chi connectivity index (χ2n) is 3.41. The number of hydrogen-bond donors (Lipinski definition) is 1. The smallest absolute Gasteiger partial charge is 0.305 e. The molecule has 0 aliphatic carbocycles. The van der Waals surface area contributed by atoms with Crippen LogP contribution in [0.15, 0.2) is 36.5 Å². The fourth-order valence-electron chi connectivity index (χ4n) is 0.927. The number of aliphatic hydroxyl groups is 1. The van der Waals surface area contributed by atoms with Crippen LogP contribution >= 0.6 is 0 Å². The molecule has 94 valence electrons. The number of hydrogen-bond acceptors (Lipinski definition) is 4. The predicted molar refractivity (Wildman–Crippen MR) is 65.4 cm³/mol. The van der Waals surface area contributed by atoms with Gasteiger partial charge < -0.3 is 9.84 Å². The second-order valence-corrected chi connectivity index (χ2v) is 3.41. The van der Waals surface area contributed by atoms with Crippen LogP contribution in [-0.4, -0.2) is 30.1 Å². The number of methoxy groups -OCH3 is 1. The Morgan fingerprint density at radius 1 is 1.18 bits per heavy atom. The van der Waals surface area contributed by atoms with E-state index in [2.05, 4.69) is 4.74 Å². The number of ether oxygens (including phenoxy) is 1. The summed E-state index contributed by atoms with van der Waals surface area (Å²) in [5.41, 5.74) is 0. The number of ketones is 1. The molecular formula is C13H18O4. The fraction of sp³-hybridized carbons (Fsp3) is 0.385. The van der Waals surface area contributed by atoms with E-state index in [0.717, 1.165) is 0 Å². The topological polar surface area (TPSA) is 63.6 Å². The maximum atomic E-state index is 11.2. The monoisotopic (exact) mass is 238 g/mol. The number of allylic oxidation sites excluding steroid dienone is 5. The van der Waals surface area contributed by atoms with Gasteiger partial charge in [-0.2, -0.15) is 0 Å². The van der Waals surface area contributed by atoms with Crippen molar-refractivity contribution in [3.63, 3.8) is 0 Å². The average Bonchev–Trinajstić information content (AvgIpc) is 2.30. The van der Waals surface area contributed by atoms with Gasteiger partial charge in [0, 0.05) is 6.42 Å². The third kappa shape index (κ3) is 10.6. The Labute approximate surface area is 101 Å². The summed E-state index contributed by atoms with van der Waals surface area (Å²) in [5, 5.41) is 8.91. The number of esters is 1. The van der Waals surface area contributed by atoms with E-state index < -0.39 is 6.10 Å². The molecule has 0 spiro atoms. The van der Waals surface area contributed by atoms with Gasteiger partial charge in [0.15, 0.2) is 5.78 Å². The zero-order valence-corrected chi connectivity index (χ0v) is 10.1. The van der Waals surface area contributed by atoms with Gasteiger partial charge in [-0.05, 0) is 13.0 Å². The maximum Gasteiger partial charge on any atom is 0.305 e. The van der Waals surface area contributed by atoms with Crippen LogP contribution in [0.25, 0.3) is 0 Å². The standard InChI is InChI=1S/C13H18O4/c1-11(14)7-5-3-4-6-8-12(15)9-10-13(16)17-2/h3-8,11,14H,9-10H2,1-2H3. The summed E-state index contributed by atoms with van der Waals surface area (Å²) in [6, 6.07) is 0. The van der Waals surface area contributed by atoms with Crippen LogP contribution in [-0.2, 0) is 14.3 Å². The van der Waals surface area contributed by atoms with Crippen LogP contribution in [0.3, 0.4) is 0 Å². The highest BCUT2D eigenvalue weighted by Gasteiger charge is 2.02. The Balaban J connectivity index is 3.84. The first kappa shape index (κ1) is 15.3. The minimum atomic E-state index is -0.481. The Morgan fingerprint density at radius 3 is 2.41 bits per heavy atom. The highest BCUT2D eigenvalue weighted by atomic mass is 16.5. The van der Waals surface area contributed by atoms with Crippen molar-refractivity contribution in [2.45, 2.75) is 25.9 Å². The van der Waals surface area contributed by atoms with Crippen molar-refractivity contribution in [3.05, 3.63) is 36.5 Å². The van der Waals surface area contributed by atoms with Crippen molar-refractivity contribution < 1.29 is 19.4 Å². The number of carbonyl (C=O) groups excluding carboxylic acids is 2. The van der Waals surface area contributed by atoms with Crippen LogP contribution in [0.1, 0.15) is 19.8 Å². The number of aliphatic hydroxyl groups excluding tert-OH is 1. The van der Waals surface area contributed by atoms with Gasteiger partial charge in [-0.15, -0.1) is 0 Å². The van der Waals surface area contributed by atoms with Crippen LogP contribution in [0, 0.1) is 0 Å². The van der Waals surface area contributed by atoms with Crippen LogP contribution in [0.2, 0.25) is 0 Å². The van der Waals surface area contributed by atoms with Crippen LogP contribution < -0.4 is 0 Å². The lowest BCUT2D eigenvalue weighted by Gasteiger charge is -1.94. The minimum absolute atomic E-state index is 0.102. The molecule has 0 aliphatic rings. The lowest BCUT2D eigenvalue weighted by atomic mass is 10.2. The Kier molecular flexibility index (Phi) is 8.60. The zero-order chi connectivity index (χ0) is 13.1. The lowest BCUT2D eigenvalue weighted by molar-refractivity contribution is -0.141. The second kappa shape index (κ2) is 9.54. The molecular weight excluding hydrogens is 220 g/mol. The Bertz CT molecular complexity index is 324. The summed E-state index contributed by atoms with van der Waals surface area (Å²) < 4.78 is 4.42. The Hall–Kier alpha value is -1.68. The molecule has 0 fully saturated rings. The van der Waals surface area contributed by atoms with Crippen molar-refractivity contribution in [3.8, 4) is 0 Å². The van der Waals surface area contributed by atoms with Crippen molar-refractivity contribution >= 4 is 11.8 Å². The summed E-state index contributed by atoms with van der Waals surface area (Å²) in [6.45, 7) is 1.65. The molecule has 0 aromatic carbocycles. The molecule has 0 aliphatic heterocycles. The molecule has 1 N–H and O–H groups in total. The molecule has 4 nitrogen and oxygen atoms in total. The largest absolute Gasteiger partial charge is 0.469 e. The van der Waals surface area contributed by atoms with Crippen molar-refractivity contribution in [1.29, 1.82) is 0 Å². The third-order valence-corrected chi connectivity index (χ3v) is 1.81. The van der Waals surface area contributed by atoms with Crippen LogP contribution in [0.4, 0.5) is 0 Å². The normalized spacial score (nSPS) is 13.6. The Morgan fingerprint density at radius 2 is 1.82 bits per heavy atom. The molecule has 0 amide bonds. The van der Waals surface area contributed by atoms with Crippen molar-refractivity contribution in [2.24, 2.45) is 0 Å². The lowest BCUT2D eigenvalue weighted by Crippen LogP contribution is -2.03. The zero-order valence-electron chi connectivity index (χ0n) is 10.1. The summed E-state index contributed by atoms with van der Waals surface area (Å²) in [4.78, 5) is 22.0. The molecule has 0 aromatic heterocycles. The van der Waals surface area contributed by atoms with Crippen molar-refractivity contribution in [2.75, 3.05) is 7.11 Å². The minimum Gasteiger partial charge on any atom is -0.469 e. The quantitative estimate of drug-likeness (QED) is 0.415. The number of rotatable bonds is 7. The fourth-order valence-corrected chi connectivity index (χ4v) is 0.927. The summed E-state index contributed by atoms with van der Waals surface area (Å²) in [5.74, 6) is -0.512. The van der Waals surface area contributed by atoms with E-state index >= 15 is 0 Å². The van der Waals surface area contributed by atoms with E-state index in [1.165, 1.54) is 13.2 Å². The highest BCUT2D eigenvalue weighted by molar-refractivity contribution is 5.91. The summed E-state index contributed by atoms with van der Waals surface area (Å²) >= 11 is 0. The molecule has 0 saturated carbocycles. The van der Waals surface area contributed by atoms with E-state index in [0.29, 0.717) is 0 Å². The first-order valence-corrected chi connectivity index (χ1v) is 5.35. The molecule has 0 heterocycles. The summed E-state index contributed by atoms with van der Waals surface area (Å²) in [6.07, 6.45) is 9.45. The first-order chi connectivity index (χ1) is 8.06. The molecule has 0 aromatic rings. The first-order valence-electron chi connectivity index (χ1n) is 5.35. The van der Waals surface area contributed by atoms with E-state index in [9.17, 15) is 9.59 Å². The molecule has 0 radical (unpaired) electrons. The van der Waals surface area contributed by atoms with Crippen LogP contribution in [0.5, 0.6) is 0 Å². The van der Waals surface area contributed by atoms with Crippen molar-refractivity contribution in [1.82, 2.24) is 0 Å². The number of carbonyl (C=O) groups is 2. The van der Waals surface area contributed by atoms with E-state index in [-0.39, 0.29) is 24.6 Å². The molecule has 0 bridgehead atoms. The van der Waals surface area contributed by atoms with Gasteiger partial charge in [0.25, 0.3) is 0 Å². The predicted octanol–water partition coefficient (Wildman–Crippen LogP) is 1.56. The van der Waals surface area contributed by atoms with E-state index in [1.807, 2.05) is 0 Å². The molecule has 1 atom stereocenters. The highest BCUT2D eigenvalue weighted by Crippen LogP contribution is 1.95. The SMILES string of the molecule is COC(=O)CCC(=O)C=CC=CC=CC(C)O. The van der Waals surface area contributed by atoms with Gasteiger partial charge in [-0.1, -0.05) is 30.4 Å². The molecule has 17 heavy (non-hydrogen) atoms. The van der Waals surface area contributed by atoms with Gasteiger partial charge in [0.05, 0.1) is 19.6 Å². The average molecular weight is 238 g/mol. The van der Waals surface area contributed by atoms with E-state index in [4.69, 9.17) is 5.11 Å².